The molecule has 2 aromatic carbocycles. The van der Waals surface area contributed by atoms with E-state index in [-0.39, 0.29) is 5.91 Å². The van der Waals surface area contributed by atoms with Crippen LogP contribution in [0.5, 0.6) is 5.75 Å². The normalized spacial score (nSPS) is 20.9. The number of nitrogens with one attached hydrogen (secondary N) is 2. The minimum absolute atomic E-state index is 0.325. The van der Waals surface area contributed by atoms with E-state index in [9.17, 15) is 18.0 Å². The van der Waals surface area contributed by atoms with E-state index in [1.807, 2.05) is 12.1 Å². The molecule has 10 nitrogen and oxygen atoms in total. The molecule has 3 aromatic rings. The quantitative estimate of drug-likeness (QED) is 0.212. The molecule has 3 saturated heterocycles. The molecule has 1 aliphatic carbocycles. The minimum atomic E-state index is -4.45. The van der Waals surface area contributed by atoms with Gasteiger partial charge in [-0.3, -0.25) is 9.63 Å². The Hall–Kier alpha value is -4.36. The van der Waals surface area contributed by atoms with Crippen molar-refractivity contribution in [3.8, 4) is 5.75 Å². The Balaban J connectivity index is 1.08. The van der Waals surface area contributed by atoms with Crippen molar-refractivity contribution in [2.45, 2.75) is 63.2 Å². The number of likely N-dealkylation sites (tertiary alicyclic amines) is 1. The molecule has 13 heteroatoms. The van der Waals surface area contributed by atoms with Gasteiger partial charge in [0.05, 0.1) is 42.4 Å². The third kappa shape index (κ3) is 7.53. The first-order valence-corrected chi connectivity index (χ1v) is 17.5. The number of ether oxygens (including phenoxy) is 1. The average molecular weight is 692 g/mol. The number of carbonyl (C=O) groups is 1. The lowest BCUT2D eigenvalue weighted by molar-refractivity contribution is -0.137. The number of aromatic nitrogens is 2. The van der Waals surface area contributed by atoms with Crippen molar-refractivity contribution >= 4 is 34.6 Å². The average Bonchev–Trinajstić information content (AvgIpc) is 3.87. The summed E-state index contributed by atoms with van der Waals surface area (Å²) in [5, 5.41) is 7.79. The molecule has 4 aliphatic rings. The summed E-state index contributed by atoms with van der Waals surface area (Å²) in [5.41, 5.74) is 1.81. The Morgan fingerprint density at radius 3 is 2.42 bits per heavy atom. The van der Waals surface area contributed by atoms with Crippen LogP contribution in [0.25, 0.3) is 0 Å². The van der Waals surface area contributed by atoms with E-state index < -0.39 is 17.8 Å². The molecule has 0 unspecified atom stereocenters. The maximum absolute atomic E-state index is 13.4. The van der Waals surface area contributed by atoms with E-state index >= 15 is 0 Å². The summed E-state index contributed by atoms with van der Waals surface area (Å²) >= 11 is 0. The van der Waals surface area contributed by atoms with Crippen LogP contribution in [-0.4, -0.2) is 66.7 Å². The van der Waals surface area contributed by atoms with Gasteiger partial charge in [0.2, 0.25) is 5.91 Å². The summed E-state index contributed by atoms with van der Waals surface area (Å²) in [5.74, 6) is 2.93. The highest BCUT2D eigenvalue weighted by Gasteiger charge is 2.36. The van der Waals surface area contributed by atoms with Gasteiger partial charge < -0.3 is 25.2 Å². The number of benzene rings is 2. The van der Waals surface area contributed by atoms with E-state index in [0.29, 0.717) is 53.4 Å². The number of halogens is 3. The van der Waals surface area contributed by atoms with Gasteiger partial charge in [0.15, 0.2) is 5.82 Å². The van der Waals surface area contributed by atoms with Gasteiger partial charge in [0.1, 0.15) is 17.9 Å². The topological polar surface area (TPSA) is 95.1 Å². The van der Waals surface area contributed by atoms with Gasteiger partial charge in [-0.2, -0.15) is 13.2 Å². The molecule has 1 amide bonds. The molecule has 266 valence electrons. The predicted octanol–water partition coefficient (Wildman–Crippen LogP) is 7.35. The molecule has 0 bridgehead atoms. The van der Waals surface area contributed by atoms with Crippen LogP contribution in [0.3, 0.4) is 0 Å². The first-order valence-electron chi connectivity index (χ1n) is 17.5. The van der Waals surface area contributed by atoms with Crippen LogP contribution in [0.2, 0.25) is 0 Å². The molecule has 1 atom stereocenters. The minimum Gasteiger partial charge on any atom is -0.494 e. The summed E-state index contributed by atoms with van der Waals surface area (Å²) in [6.45, 7) is 8.07. The molecule has 4 fully saturated rings. The lowest BCUT2D eigenvalue weighted by atomic mass is 9.90. The second-order valence-electron chi connectivity index (χ2n) is 13.7. The van der Waals surface area contributed by atoms with Crippen molar-refractivity contribution in [2.75, 3.05) is 60.5 Å². The van der Waals surface area contributed by atoms with Crippen LogP contribution in [0.4, 0.5) is 41.9 Å². The van der Waals surface area contributed by atoms with Crippen molar-refractivity contribution in [3.63, 3.8) is 0 Å². The first kappa shape index (κ1) is 34.1. The van der Waals surface area contributed by atoms with Crippen molar-refractivity contribution in [2.24, 2.45) is 11.8 Å². The molecule has 0 radical (unpaired) electrons. The largest absolute Gasteiger partial charge is 0.494 e. The number of rotatable bonds is 10. The smallest absolute Gasteiger partial charge is 0.416 e. The van der Waals surface area contributed by atoms with E-state index in [1.165, 1.54) is 62.3 Å². The molecule has 7 rings (SSSR count). The van der Waals surface area contributed by atoms with Gasteiger partial charge in [-0.15, -0.1) is 0 Å². The monoisotopic (exact) mass is 691 g/mol. The van der Waals surface area contributed by atoms with Gasteiger partial charge in [-0.1, -0.05) is 18.7 Å². The van der Waals surface area contributed by atoms with Crippen LogP contribution in [0, 0.1) is 11.8 Å². The first-order chi connectivity index (χ1) is 24.2. The Bertz CT molecular complexity index is 1680. The number of methoxy groups -OCH3 is 1. The fourth-order valence-corrected chi connectivity index (χ4v) is 7.77. The van der Waals surface area contributed by atoms with Crippen molar-refractivity contribution in [1.82, 2.24) is 14.9 Å². The number of nitrogens with zero attached hydrogens (tertiary/aromatic N) is 5. The SMILES string of the molecule is C=CC(=O)Nc1cc(Nc2cc(N3OCC[C@@H]3c3cccc(C(F)(F)F)c3)ncn2)c(OC)cc1N1CCC(N2CCC(C3CC3)CC2)CC1. The fourth-order valence-electron chi connectivity index (χ4n) is 7.77. The summed E-state index contributed by atoms with van der Waals surface area (Å²) in [6, 6.07) is 10.8. The standard InChI is InChI=1S/C37H44F3N7O3/c1-3-36(48)44-29-20-30(33(49-2)21-32(29)46-16-11-28(12-17-46)45-14-9-25(10-15-45)24-7-8-24)43-34-22-35(42-23-41-34)47-31(13-18-50-47)26-5-4-6-27(19-26)37(38,39)40/h3-6,19-25,28,31H,1,7-18H2,2H3,(H,44,48)(H,41,42,43)/t31-/m1/s1. The summed E-state index contributed by atoms with van der Waals surface area (Å²) in [6.07, 6.45) is 6.24. The van der Waals surface area contributed by atoms with Crippen molar-refractivity contribution in [1.29, 1.82) is 0 Å². The Morgan fingerprint density at radius 2 is 1.72 bits per heavy atom. The Labute approximate surface area is 290 Å². The maximum atomic E-state index is 13.4. The zero-order chi connectivity index (χ0) is 34.8. The van der Waals surface area contributed by atoms with E-state index in [4.69, 9.17) is 9.57 Å². The van der Waals surface area contributed by atoms with Crippen molar-refractivity contribution in [3.05, 3.63) is 72.6 Å². The van der Waals surface area contributed by atoms with E-state index in [2.05, 4.69) is 37.0 Å². The second kappa shape index (κ2) is 14.5. The highest BCUT2D eigenvalue weighted by atomic mass is 19.4. The summed E-state index contributed by atoms with van der Waals surface area (Å²) in [4.78, 5) is 32.2. The molecule has 4 heterocycles. The third-order valence-electron chi connectivity index (χ3n) is 10.6. The van der Waals surface area contributed by atoms with Crippen LogP contribution in [-0.2, 0) is 15.8 Å². The zero-order valence-electron chi connectivity index (χ0n) is 28.3. The Morgan fingerprint density at radius 1 is 0.960 bits per heavy atom. The molecule has 2 N–H and O–H groups in total. The van der Waals surface area contributed by atoms with Crippen LogP contribution >= 0.6 is 0 Å². The highest BCUT2D eigenvalue weighted by Crippen LogP contribution is 2.44. The van der Waals surface area contributed by atoms with Crippen molar-refractivity contribution < 1.29 is 27.5 Å². The van der Waals surface area contributed by atoms with E-state index in [1.54, 1.807) is 19.2 Å². The second-order valence-corrected chi connectivity index (χ2v) is 13.7. The summed E-state index contributed by atoms with van der Waals surface area (Å²) in [7, 11) is 1.59. The zero-order valence-corrected chi connectivity index (χ0v) is 28.3. The number of hydrogen-bond donors (Lipinski definition) is 2. The van der Waals surface area contributed by atoms with Gasteiger partial charge >= 0.3 is 6.18 Å². The molecule has 3 aliphatic heterocycles. The Kier molecular flexibility index (Phi) is 9.87. The summed E-state index contributed by atoms with van der Waals surface area (Å²) < 4.78 is 46.2. The molecule has 50 heavy (non-hydrogen) atoms. The number of hydrogen-bond acceptors (Lipinski definition) is 9. The third-order valence-corrected chi connectivity index (χ3v) is 10.6. The van der Waals surface area contributed by atoms with Gasteiger partial charge in [0, 0.05) is 37.7 Å². The molecular formula is C37H44F3N7O3. The number of alkyl halides is 3. The van der Waals surface area contributed by atoms with Gasteiger partial charge in [-0.25, -0.2) is 15.0 Å². The van der Waals surface area contributed by atoms with Gasteiger partial charge in [-0.05, 0) is 93.3 Å². The highest BCUT2D eigenvalue weighted by molar-refractivity contribution is 6.02. The molecular weight excluding hydrogens is 647 g/mol. The number of piperidine rings is 2. The van der Waals surface area contributed by atoms with Gasteiger partial charge in [0.25, 0.3) is 0 Å². The maximum Gasteiger partial charge on any atom is 0.416 e. The lowest BCUT2D eigenvalue weighted by Crippen LogP contribution is -2.48. The number of amides is 1. The molecule has 1 saturated carbocycles. The number of carbonyl (C=O) groups excluding carboxylic acids is 1. The van der Waals surface area contributed by atoms with Crippen LogP contribution in [0.15, 0.2) is 61.4 Å². The number of anilines is 5. The molecule has 1 aromatic heterocycles. The number of hydroxylamine groups is 1. The van der Waals surface area contributed by atoms with E-state index in [0.717, 1.165) is 55.6 Å². The van der Waals surface area contributed by atoms with Crippen LogP contribution < -0.4 is 25.3 Å². The van der Waals surface area contributed by atoms with Crippen LogP contribution in [0.1, 0.15) is 62.1 Å². The fraction of sp³-hybridized carbons (Fsp3) is 0.486. The molecule has 0 spiro atoms. The predicted molar refractivity (Wildman–Crippen MR) is 187 cm³/mol. The lowest BCUT2D eigenvalue weighted by Gasteiger charge is -2.43.